The number of nitrogens with two attached hydrogens (primary N) is 1. The molecule has 0 bridgehead atoms. The summed E-state index contributed by atoms with van der Waals surface area (Å²) in [5.41, 5.74) is 7.37. The highest BCUT2D eigenvalue weighted by atomic mass is 32.1. The largest absolute Gasteiger partial charge is 0.493 e. The topological polar surface area (TPSA) is 77.7 Å². The zero-order valence-electron chi connectivity index (χ0n) is 22.1. The van der Waals surface area contributed by atoms with E-state index in [2.05, 4.69) is 15.6 Å². The third-order valence-corrected chi connectivity index (χ3v) is 8.01. The van der Waals surface area contributed by atoms with Crippen LogP contribution < -0.4 is 15.2 Å². The molecule has 9 heteroatoms. The first kappa shape index (κ1) is 29.5. The summed E-state index contributed by atoms with van der Waals surface area (Å²) in [4.78, 5) is 18.7. The van der Waals surface area contributed by atoms with Gasteiger partial charge in [0.05, 0.1) is 12.3 Å². The van der Waals surface area contributed by atoms with Crippen molar-refractivity contribution in [2.24, 2.45) is 11.7 Å². The fraction of sp³-hybridized carbons (Fsp3) is 0.643. The molecule has 3 aliphatic rings. The molecule has 0 atom stereocenters. The third-order valence-electron chi connectivity index (χ3n) is 6.94. The average Bonchev–Trinajstić information content (AvgIpc) is 3.34. The number of nitrogens with zero attached hydrogens (tertiary/aromatic N) is 2. The molecule has 37 heavy (non-hydrogen) atoms. The number of carbonyl (C=O) groups is 1. The third kappa shape index (κ3) is 9.30. The first-order valence-electron chi connectivity index (χ1n) is 13.4. The van der Waals surface area contributed by atoms with Crippen molar-refractivity contribution < 1.29 is 23.0 Å². The highest BCUT2D eigenvalue weighted by molar-refractivity contribution is 7.13. The second kappa shape index (κ2) is 14.7. The fourth-order valence-corrected chi connectivity index (χ4v) is 5.94. The SMILES string of the molecule is CC(F)(F)COc1nc2c(s1)CCN(CCC1CCCCC1)C2.CN.O=Cc1cccc2c1CCCO2. The van der Waals surface area contributed by atoms with Gasteiger partial charge in [-0.3, -0.25) is 9.69 Å². The molecule has 2 aliphatic heterocycles. The summed E-state index contributed by atoms with van der Waals surface area (Å²) in [6.07, 6.45) is 12.1. The van der Waals surface area contributed by atoms with Gasteiger partial charge in [0, 0.05) is 36.0 Å². The maximum absolute atomic E-state index is 12.9. The van der Waals surface area contributed by atoms with Crippen molar-refractivity contribution in [3.05, 3.63) is 39.9 Å². The molecule has 1 aromatic carbocycles. The van der Waals surface area contributed by atoms with Crippen molar-refractivity contribution in [1.82, 2.24) is 9.88 Å². The van der Waals surface area contributed by atoms with Crippen molar-refractivity contribution in [2.75, 3.05) is 33.4 Å². The average molecular weight is 538 g/mol. The molecule has 0 unspecified atom stereocenters. The van der Waals surface area contributed by atoms with Crippen LogP contribution in [0, 0.1) is 5.92 Å². The Morgan fingerprint density at radius 2 is 2.00 bits per heavy atom. The van der Waals surface area contributed by atoms with Crippen LogP contribution in [0.15, 0.2) is 18.2 Å². The minimum absolute atomic E-state index is 0.394. The predicted molar refractivity (Wildman–Crippen MR) is 144 cm³/mol. The van der Waals surface area contributed by atoms with E-state index < -0.39 is 12.5 Å². The Hall–Kier alpha value is -2.10. The first-order valence-corrected chi connectivity index (χ1v) is 14.2. The van der Waals surface area contributed by atoms with Crippen molar-refractivity contribution >= 4 is 17.6 Å². The molecule has 0 saturated heterocycles. The van der Waals surface area contributed by atoms with E-state index in [0.29, 0.717) is 5.19 Å². The maximum atomic E-state index is 12.9. The number of ether oxygens (including phenoxy) is 2. The molecule has 1 aliphatic carbocycles. The van der Waals surface area contributed by atoms with E-state index >= 15 is 0 Å². The number of carbonyl (C=O) groups excluding carboxylic acids is 1. The van der Waals surface area contributed by atoms with Crippen molar-refractivity contribution in [1.29, 1.82) is 0 Å². The number of aromatic nitrogens is 1. The number of halogens is 2. The van der Waals surface area contributed by atoms with Crippen LogP contribution in [0.1, 0.15) is 78.4 Å². The molecule has 5 rings (SSSR count). The normalized spacial score (nSPS) is 17.6. The van der Waals surface area contributed by atoms with Gasteiger partial charge < -0.3 is 15.2 Å². The van der Waals surface area contributed by atoms with E-state index in [9.17, 15) is 13.6 Å². The second-order valence-electron chi connectivity index (χ2n) is 9.92. The molecule has 206 valence electrons. The fourth-order valence-electron chi connectivity index (χ4n) is 5.04. The van der Waals surface area contributed by atoms with E-state index in [1.807, 2.05) is 18.2 Å². The van der Waals surface area contributed by atoms with Crippen LogP contribution in [0.25, 0.3) is 0 Å². The summed E-state index contributed by atoms with van der Waals surface area (Å²) in [6, 6.07) is 5.61. The monoisotopic (exact) mass is 537 g/mol. The lowest BCUT2D eigenvalue weighted by Crippen LogP contribution is -2.32. The van der Waals surface area contributed by atoms with Gasteiger partial charge in [0.15, 0.2) is 6.61 Å². The zero-order valence-corrected chi connectivity index (χ0v) is 23.0. The molecular formula is C28H41F2N3O3S. The van der Waals surface area contributed by atoms with Crippen LogP contribution in [-0.4, -0.2) is 55.4 Å². The summed E-state index contributed by atoms with van der Waals surface area (Å²) in [6.45, 7) is 4.06. The smallest absolute Gasteiger partial charge is 0.278 e. The van der Waals surface area contributed by atoms with Gasteiger partial charge in [-0.15, -0.1) is 0 Å². The minimum Gasteiger partial charge on any atom is -0.493 e. The summed E-state index contributed by atoms with van der Waals surface area (Å²) in [7, 11) is 1.50. The Kier molecular flexibility index (Phi) is 11.7. The van der Waals surface area contributed by atoms with Crippen LogP contribution >= 0.6 is 11.3 Å². The minimum atomic E-state index is -2.81. The molecule has 0 spiro atoms. The van der Waals surface area contributed by atoms with Gasteiger partial charge in [-0.2, -0.15) is 0 Å². The summed E-state index contributed by atoms with van der Waals surface area (Å²) >= 11 is 1.43. The second-order valence-corrected chi connectivity index (χ2v) is 11.0. The summed E-state index contributed by atoms with van der Waals surface area (Å²) in [5.74, 6) is -1.03. The van der Waals surface area contributed by atoms with Gasteiger partial charge in [0.25, 0.3) is 11.1 Å². The van der Waals surface area contributed by atoms with E-state index in [0.717, 1.165) is 87.2 Å². The summed E-state index contributed by atoms with van der Waals surface area (Å²) in [5, 5.41) is 0.394. The molecule has 0 amide bonds. The van der Waals surface area contributed by atoms with E-state index in [1.165, 1.54) is 61.8 Å². The van der Waals surface area contributed by atoms with Crippen molar-refractivity contribution in [3.8, 4) is 10.9 Å². The molecule has 2 aromatic rings. The van der Waals surface area contributed by atoms with Gasteiger partial charge >= 0.3 is 0 Å². The van der Waals surface area contributed by atoms with Crippen LogP contribution in [0.2, 0.25) is 0 Å². The number of alkyl halides is 2. The van der Waals surface area contributed by atoms with Crippen LogP contribution in [0.3, 0.4) is 0 Å². The van der Waals surface area contributed by atoms with Crippen LogP contribution in [-0.2, 0) is 19.4 Å². The number of thiazole rings is 1. The number of hydrogen-bond donors (Lipinski definition) is 1. The Morgan fingerprint density at radius 1 is 1.22 bits per heavy atom. The Bertz CT molecular complexity index is 974. The Balaban J connectivity index is 0.000000228. The van der Waals surface area contributed by atoms with Gasteiger partial charge in [-0.05, 0) is 51.3 Å². The lowest BCUT2D eigenvalue weighted by Gasteiger charge is -2.29. The van der Waals surface area contributed by atoms with Gasteiger partial charge in [0.2, 0.25) is 0 Å². The molecule has 1 saturated carbocycles. The number of rotatable bonds is 7. The van der Waals surface area contributed by atoms with E-state index in [-0.39, 0.29) is 0 Å². The van der Waals surface area contributed by atoms with Crippen LogP contribution in [0.4, 0.5) is 8.78 Å². The van der Waals surface area contributed by atoms with Gasteiger partial charge in [0.1, 0.15) is 12.0 Å². The lowest BCUT2D eigenvalue weighted by atomic mass is 9.87. The lowest BCUT2D eigenvalue weighted by molar-refractivity contribution is -0.0230. The molecule has 2 N–H and O–H groups in total. The first-order chi connectivity index (χ1) is 17.9. The number of fused-ring (bicyclic) bond motifs is 2. The number of hydrogen-bond acceptors (Lipinski definition) is 7. The molecule has 1 fully saturated rings. The van der Waals surface area contributed by atoms with E-state index in [4.69, 9.17) is 9.47 Å². The Labute approximate surface area is 223 Å². The predicted octanol–water partition coefficient (Wildman–Crippen LogP) is 5.90. The van der Waals surface area contributed by atoms with Crippen molar-refractivity contribution in [3.63, 3.8) is 0 Å². The highest BCUT2D eigenvalue weighted by Crippen LogP contribution is 2.32. The quantitative estimate of drug-likeness (QED) is 0.443. The van der Waals surface area contributed by atoms with Crippen molar-refractivity contribution in [2.45, 2.75) is 77.2 Å². The molecule has 3 heterocycles. The van der Waals surface area contributed by atoms with E-state index in [1.54, 1.807) is 0 Å². The molecular weight excluding hydrogens is 496 g/mol. The zero-order chi connectivity index (χ0) is 26.7. The molecule has 1 aromatic heterocycles. The van der Waals surface area contributed by atoms with Crippen LogP contribution in [0.5, 0.6) is 10.9 Å². The Morgan fingerprint density at radius 3 is 2.73 bits per heavy atom. The van der Waals surface area contributed by atoms with Gasteiger partial charge in [-0.25, -0.2) is 13.8 Å². The highest BCUT2D eigenvalue weighted by Gasteiger charge is 2.26. The van der Waals surface area contributed by atoms with Gasteiger partial charge in [-0.1, -0.05) is 55.6 Å². The number of aldehydes is 1. The molecule has 0 radical (unpaired) electrons. The molecule has 6 nitrogen and oxygen atoms in total. The standard InChI is InChI=1S/C17H26F2N2OS.C10H10O2.CH5N/c1-17(18,19)12-22-16-20-14-11-21(10-8-15(14)23-16)9-7-13-5-3-2-4-6-13;11-7-8-3-1-5-10-9(8)4-2-6-12-10;1-2/h13H,2-12H2,1H3;1,3,5,7H,2,4,6H2;2H2,1H3. The summed E-state index contributed by atoms with van der Waals surface area (Å²) < 4.78 is 36.3. The number of benzene rings is 1. The maximum Gasteiger partial charge on any atom is 0.278 e.